The van der Waals surface area contributed by atoms with Crippen molar-refractivity contribution in [1.82, 2.24) is 5.32 Å². The predicted octanol–water partition coefficient (Wildman–Crippen LogP) is 8.52. The Bertz CT molecular complexity index is 1230. The van der Waals surface area contributed by atoms with Crippen LogP contribution in [0.5, 0.6) is 11.5 Å². The summed E-state index contributed by atoms with van der Waals surface area (Å²) in [6.45, 7) is 6.40. The van der Waals surface area contributed by atoms with Gasteiger partial charge in [-0.15, -0.1) is 11.6 Å². The Morgan fingerprint density at radius 1 is 0.750 bits per heavy atom. The second kappa shape index (κ2) is 18.6. The minimum absolute atomic E-state index is 0.0781. The highest BCUT2D eigenvalue weighted by Gasteiger charge is 2.36. The number of carbonyl (C=O) groups is 4. The fourth-order valence-electron chi connectivity index (χ4n) is 2.85. The summed E-state index contributed by atoms with van der Waals surface area (Å²) in [7, 11) is 1.44. The van der Waals surface area contributed by atoms with Gasteiger partial charge in [-0.1, -0.05) is 46.4 Å². The number of carbonyl (C=O) groups excluding carboxylic acids is 4. The van der Waals surface area contributed by atoms with Gasteiger partial charge in [0.25, 0.3) is 0 Å². The van der Waals surface area contributed by atoms with Gasteiger partial charge in [-0.2, -0.15) is 0 Å². The van der Waals surface area contributed by atoms with Gasteiger partial charge in [-0.3, -0.25) is 14.4 Å². The highest BCUT2D eigenvalue weighted by Crippen LogP contribution is 2.33. The molecular weight excluding hydrogens is 815 g/mol. The van der Waals surface area contributed by atoms with Crippen molar-refractivity contribution in [2.45, 2.75) is 37.7 Å². The van der Waals surface area contributed by atoms with E-state index in [1.165, 1.54) is 19.2 Å². The first-order valence-corrected chi connectivity index (χ1v) is 16.4. The Morgan fingerprint density at radius 2 is 1.14 bits per heavy atom. The van der Waals surface area contributed by atoms with Gasteiger partial charge >= 0.3 is 12.1 Å². The molecule has 0 aromatic heterocycles. The number of ether oxygens (including phenoxy) is 4. The van der Waals surface area contributed by atoms with Gasteiger partial charge in [0.1, 0.15) is 30.6 Å². The molecule has 0 saturated carbocycles. The van der Waals surface area contributed by atoms with Crippen LogP contribution in [0.4, 0.5) is 4.79 Å². The highest BCUT2D eigenvalue weighted by atomic mass is 79.9. The van der Waals surface area contributed by atoms with E-state index in [0.29, 0.717) is 26.6 Å². The number of rotatable bonds is 13. The van der Waals surface area contributed by atoms with Gasteiger partial charge in [0.05, 0.1) is 20.9 Å². The maximum atomic E-state index is 12.4. The molecule has 0 aliphatic carbocycles. The van der Waals surface area contributed by atoms with Crippen molar-refractivity contribution < 1.29 is 38.1 Å². The predicted molar refractivity (Wildman–Crippen MR) is 179 cm³/mol. The van der Waals surface area contributed by atoms with Crippen molar-refractivity contribution in [1.29, 1.82) is 0 Å². The molecule has 0 fully saturated rings. The molecule has 2 aromatic rings. The number of ketones is 2. The average Bonchev–Trinajstić information content (AvgIpc) is 2.96. The molecule has 2 aromatic carbocycles. The van der Waals surface area contributed by atoms with Crippen molar-refractivity contribution in [2.24, 2.45) is 10.8 Å². The molecule has 2 unspecified atom stereocenters. The third-order valence-corrected chi connectivity index (χ3v) is 7.95. The van der Waals surface area contributed by atoms with Gasteiger partial charge in [0.15, 0.2) is 11.6 Å². The van der Waals surface area contributed by atoms with Crippen molar-refractivity contribution in [3.05, 3.63) is 56.5 Å². The summed E-state index contributed by atoms with van der Waals surface area (Å²) in [4.78, 5) is 47.0. The first kappa shape index (κ1) is 40.6. The Balaban J connectivity index is 0.000000440. The van der Waals surface area contributed by atoms with Gasteiger partial charge < -0.3 is 24.3 Å². The molecule has 0 aliphatic heterocycles. The van der Waals surface area contributed by atoms with E-state index in [0.717, 1.165) is 0 Å². The number of alkyl halides is 3. The topological polar surface area (TPSA) is 117 Å². The lowest BCUT2D eigenvalue weighted by atomic mass is 9.89. The van der Waals surface area contributed by atoms with E-state index in [1.54, 1.807) is 52.0 Å². The number of benzene rings is 2. The summed E-state index contributed by atoms with van der Waals surface area (Å²) in [6, 6.07) is 9.36. The lowest BCUT2D eigenvalue weighted by molar-refractivity contribution is -0.147. The summed E-state index contributed by atoms with van der Waals surface area (Å²) < 4.78 is 20.8. The van der Waals surface area contributed by atoms with E-state index in [1.807, 2.05) is 0 Å². The lowest BCUT2D eigenvalue weighted by Gasteiger charge is -2.25. The molecule has 0 aliphatic rings. The molecule has 16 heteroatoms. The molecule has 0 saturated heterocycles. The Kier molecular flexibility index (Phi) is 17.2. The Morgan fingerprint density at radius 3 is 1.48 bits per heavy atom. The van der Waals surface area contributed by atoms with Crippen LogP contribution >= 0.6 is 89.9 Å². The fraction of sp³-hybridized carbons (Fsp3) is 0.429. The van der Waals surface area contributed by atoms with Crippen molar-refractivity contribution in [3.63, 3.8) is 0 Å². The normalized spacial score (nSPS) is 12.5. The Labute approximate surface area is 297 Å². The number of hydrogen-bond acceptors (Lipinski definition) is 8. The number of esters is 1. The zero-order valence-electron chi connectivity index (χ0n) is 24.2. The van der Waals surface area contributed by atoms with Gasteiger partial charge in [-0.25, -0.2) is 4.79 Å². The zero-order valence-corrected chi connectivity index (χ0v) is 31.1. The summed E-state index contributed by atoms with van der Waals surface area (Å²) in [5, 5.41) is 1.94. The third-order valence-electron chi connectivity index (χ3n) is 5.47. The standard InChI is InChI=1S/C14H14BrCl3O4.C14H16BrCl2NO4/c1-14(2,7-21-11(19)6-16)12(20)13(15)22-10-4-3-8(17)5-9(10)18;1-14(2,7-21-13(20)18-3)11(19)12(15)22-10-5-4-8(16)6-9(10)17/h3-5,13H,6-7H2,1-2H3;4-6,12H,7H2,1-3H3,(H,18,20). The van der Waals surface area contributed by atoms with E-state index in [9.17, 15) is 19.2 Å². The molecule has 1 N–H and O–H groups in total. The quantitative estimate of drug-likeness (QED) is 0.158. The van der Waals surface area contributed by atoms with Crippen molar-refractivity contribution >= 4 is 113 Å². The molecule has 0 heterocycles. The van der Waals surface area contributed by atoms with Gasteiger partial charge in [0.2, 0.25) is 10.0 Å². The van der Waals surface area contributed by atoms with E-state index in [4.69, 9.17) is 77.0 Å². The monoisotopic (exact) mass is 841 g/mol. The van der Waals surface area contributed by atoms with E-state index >= 15 is 0 Å². The molecule has 2 rings (SSSR count). The number of Topliss-reactive ketones (excluding diaryl/α,β-unsaturated/α-hetero) is 2. The number of hydrogen-bond donors (Lipinski definition) is 1. The smallest absolute Gasteiger partial charge is 0.406 e. The van der Waals surface area contributed by atoms with Crippen molar-refractivity contribution in [3.8, 4) is 11.5 Å². The molecule has 0 bridgehead atoms. The van der Waals surface area contributed by atoms with Crippen LogP contribution in [0.25, 0.3) is 0 Å². The molecule has 0 radical (unpaired) electrons. The summed E-state index contributed by atoms with van der Waals surface area (Å²) in [5.41, 5.74) is -1.88. The highest BCUT2D eigenvalue weighted by molar-refractivity contribution is 9.10. The molecule has 1 amide bonds. The SMILES string of the molecule is CC(C)(COC(=O)CCl)C(=O)C(Br)Oc1ccc(Cl)cc1Cl.CNC(=O)OCC(C)(C)C(=O)C(Br)Oc1ccc(Cl)cc1Cl. The van der Waals surface area contributed by atoms with Crippen LogP contribution in [0, 0.1) is 10.8 Å². The van der Waals surface area contributed by atoms with Crippen molar-refractivity contribution in [2.75, 3.05) is 26.1 Å². The average molecular weight is 846 g/mol. The number of nitrogens with one attached hydrogen (secondary N) is 1. The Hall–Kier alpha value is -1.47. The van der Waals surface area contributed by atoms with Crippen LogP contribution in [-0.4, -0.2) is 59.8 Å². The second-order valence-corrected chi connectivity index (χ2v) is 13.8. The van der Waals surface area contributed by atoms with Crippen LogP contribution in [0.3, 0.4) is 0 Å². The van der Waals surface area contributed by atoms with E-state index in [2.05, 4.69) is 37.2 Å². The van der Waals surface area contributed by atoms with E-state index < -0.39 is 32.9 Å². The molecule has 2 atom stereocenters. The van der Waals surface area contributed by atoms with Gasteiger partial charge in [0, 0.05) is 17.1 Å². The maximum Gasteiger partial charge on any atom is 0.406 e. The van der Waals surface area contributed by atoms with Crippen LogP contribution in [0.1, 0.15) is 27.7 Å². The minimum atomic E-state index is -0.950. The van der Waals surface area contributed by atoms with Crippen LogP contribution < -0.4 is 14.8 Å². The van der Waals surface area contributed by atoms with Gasteiger partial charge in [-0.05, 0) is 96.0 Å². The fourth-order valence-corrected chi connectivity index (χ4v) is 5.47. The first-order valence-electron chi connectivity index (χ1n) is 12.5. The van der Waals surface area contributed by atoms with E-state index in [-0.39, 0.29) is 35.7 Å². The molecule has 44 heavy (non-hydrogen) atoms. The third kappa shape index (κ3) is 13.5. The number of alkyl carbamates (subject to hydrolysis) is 1. The van der Waals surface area contributed by atoms with Crippen LogP contribution in [-0.2, 0) is 23.9 Å². The van der Waals surface area contributed by atoms with Crippen LogP contribution in [0.2, 0.25) is 20.1 Å². The maximum absolute atomic E-state index is 12.4. The number of halogens is 7. The summed E-state index contributed by atoms with van der Waals surface area (Å²) in [5.74, 6) is -0.809. The summed E-state index contributed by atoms with van der Waals surface area (Å²) >= 11 is 35.3. The molecular formula is C28H30Br2Cl5NO8. The van der Waals surface area contributed by atoms with Crippen LogP contribution in [0.15, 0.2) is 36.4 Å². The second-order valence-electron chi connectivity index (χ2n) is 10.1. The molecule has 9 nitrogen and oxygen atoms in total. The summed E-state index contributed by atoms with van der Waals surface area (Å²) in [6.07, 6.45) is -0.603. The minimum Gasteiger partial charge on any atom is -0.470 e. The largest absolute Gasteiger partial charge is 0.470 e. The molecule has 0 spiro atoms. The zero-order chi connectivity index (χ0) is 33.8. The molecule has 244 valence electrons. The number of amides is 1. The lowest BCUT2D eigenvalue weighted by Crippen LogP contribution is -2.39. The first-order chi connectivity index (χ1) is 20.3.